The van der Waals surface area contributed by atoms with Crippen molar-refractivity contribution >= 4 is 40.0 Å². The van der Waals surface area contributed by atoms with Crippen molar-refractivity contribution < 1.29 is 18.0 Å². The van der Waals surface area contributed by atoms with Crippen LogP contribution in [0.15, 0.2) is 79.1 Å². The van der Waals surface area contributed by atoms with Crippen LogP contribution in [-0.4, -0.2) is 22.4 Å². The normalized spacial score (nSPS) is 12.0. The third-order valence-corrected chi connectivity index (χ3v) is 6.65. The number of aromatic amines is 1. The van der Waals surface area contributed by atoms with Gasteiger partial charge in [0.05, 0.1) is 12.1 Å². The van der Waals surface area contributed by atoms with Crippen molar-refractivity contribution in [2.24, 2.45) is 0 Å². The van der Waals surface area contributed by atoms with E-state index in [2.05, 4.69) is 15.3 Å². The number of carbonyl (C=O) groups excluding carboxylic acids is 1. The van der Waals surface area contributed by atoms with Gasteiger partial charge in [0.1, 0.15) is 17.5 Å². The summed E-state index contributed by atoms with van der Waals surface area (Å²) >= 11 is 12.5. The lowest BCUT2D eigenvalue weighted by Crippen LogP contribution is -2.30. The molecule has 0 aliphatic rings. The summed E-state index contributed by atoms with van der Waals surface area (Å²) in [5.41, 5.74) is 3.42. The second kappa shape index (κ2) is 10.9. The van der Waals surface area contributed by atoms with Crippen molar-refractivity contribution in [2.45, 2.75) is 12.3 Å². The van der Waals surface area contributed by atoms with E-state index < -0.39 is 23.4 Å². The Kier molecular flexibility index (Phi) is 7.40. The third kappa shape index (κ3) is 5.69. The highest BCUT2D eigenvalue weighted by molar-refractivity contribution is 6.35. The highest BCUT2D eigenvalue weighted by Gasteiger charge is 2.23. The minimum Gasteiger partial charge on any atom is -0.361 e. The standard InChI is InChI=1S/C29H20Cl2F3N3O/c30-19-6-16(7-20(31)11-19)24-2-1-5-35-29(24)26(17-8-22(33)12-23(34)9-17)15-37-28(38)10-18-14-36-27-4-3-21(32)13-25(18)27/h1-9,11-14,26,36H,10,15H2,(H,37,38). The third-order valence-electron chi connectivity index (χ3n) is 6.21. The Hall–Kier alpha value is -3.81. The fourth-order valence-electron chi connectivity index (χ4n) is 4.55. The fourth-order valence-corrected chi connectivity index (χ4v) is 5.07. The molecule has 2 N–H and O–H groups in total. The van der Waals surface area contributed by atoms with Gasteiger partial charge in [-0.2, -0.15) is 0 Å². The summed E-state index contributed by atoms with van der Waals surface area (Å²) in [6, 6.07) is 16.1. The van der Waals surface area contributed by atoms with Crippen molar-refractivity contribution in [1.29, 1.82) is 0 Å². The molecule has 0 spiro atoms. The van der Waals surface area contributed by atoms with E-state index in [1.807, 2.05) is 0 Å². The minimum atomic E-state index is -0.750. The number of carbonyl (C=O) groups is 1. The maximum absolute atomic E-state index is 14.2. The molecule has 0 bridgehead atoms. The van der Waals surface area contributed by atoms with Crippen molar-refractivity contribution in [3.63, 3.8) is 0 Å². The first kappa shape index (κ1) is 25.8. The maximum atomic E-state index is 14.2. The number of fused-ring (bicyclic) bond motifs is 1. The highest BCUT2D eigenvalue weighted by atomic mass is 35.5. The summed E-state index contributed by atoms with van der Waals surface area (Å²) in [6.07, 6.45) is 3.20. The van der Waals surface area contributed by atoms with Crippen molar-refractivity contribution in [3.05, 3.63) is 123 Å². The Morgan fingerprint density at radius 2 is 1.66 bits per heavy atom. The zero-order chi connectivity index (χ0) is 26.8. The number of aromatic nitrogens is 2. The highest BCUT2D eigenvalue weighted by Crippen LogP contribution is 2.35. The molecule has 38 heavy (non-hydrogen) atoms. The molecule has 5 aromatic rings. The average Bonchev–Trinajstić information content (AvgIpc) is 3.25. The Morgan fingerprint density at radius 1 is 0.921 bits per heavy atom. The van der Waals surface area contributed by atoms with E-state index in [-0.39, 0.29) is 18.9 Å². The molecule has 192 valence electrons. The Morgan fingerprint density at radius 3 is 2.39 bits per heavy atom. The van der Waals surface area contributed by atoms with E-state index in [1.165, 1.54) is 24.3 Å². The molecule has 3 aromatic carbocycles. The van der Waals surface area contributed by atoms with Crippen LogP contribution < -0.4 is 5.32 Å². The Bertz CT molecular complexity index is 1610. The van der Waals surface area contributed by atoms with Gasteiger partial charge in [0.25, 0.3) is 0 Å². The number of hydrogen-bond donors (Lipinski definition) is 2. The Labute approximate surface area is 226 Å². The Balaban J connectivity index is 1.48. The molecule has 1 atom stereocenters. The topological polar surface area (TPSA) is 57.8 Å². The first-order chi connectivity index (χ1) is 18.3. The number of rotatable bonds is 7. The second-order valence-electron chi connectivity index (χ2n) is 8.83. The van der Waals surface area contributed by atoms with Gasteiger partial charge in [-0.25, -0.2) is 13.2 Å². The number of pyridine rings is 1. The van der Waals surface area contributed by atoms with Crippen LogP contribution in [0.3, 0.4) is 0 Å². The van der Waals surface area contributed by atoms with Crippen LogP contribution in [0.5, 0.6) is 0 Å². The molecule has 5 rings (SSSR count). The molecule has 0 radical (unpaired) electrons. The summed E-state index contributed by atoms with van der Waals surface area (Å²) in [6.45, 7) is -0.00322. The van der Waals surface area contributed by atoms with E-state index in [0.717, 1.165) is 6.07 Å². The molecule has 2 aromatic heterocycles. The van der Waals surface area contributed by atoms with Crippen LogP contribution in [0.1, 0.15) is 22.7 Å². The molecule has 1 unspecified atom stereocenters. The monoisotopic (exact) mass is 553 g/mol. The summed E-state index contributed by atoms with van der Waals surface area (Å²) < 4.78 is 42.3. The number of amides is 1. The van der Waals surface area contributed by atoms with E-state index in [4.69, 9.17) is 23.2 Å². The summed E-state index contributed by atoms with van der Waals surface area (Å²) in [5, 5.41) is 4.29. The van der Waals surface area contributed by atoms with Gasteiger partial charge in [0.15, 0.2) is 0 Å². The lowest BCUT2D eigenvalue weighted by molar-refractivity contribution is -0.120. The predicted molar refractivity (Wildman–Crippen MR) is 143 cm³/mol. The fraction of sp³-hybridized carbons (Fsp3) is 0.103. The van der Waals surface area contributed by atoms with Gasteiger partial charge in [-0.3, -0.25) is 9.78 Å². The van der Waals surface area contributed by atoms with Gasteiger partial charge in [0.2, 0.25) is 5.91 Å². The predicted octanol–water partition coefficient (Wildman–Crippen LogP) is 7.44. The molecule has 0 saturated carbocycles. The smallest absolute Gasteiger partial charge is 0.224 e. The molecular formula is C29H20Cl2F3N3O. The largest absolute Gasteiger partial charge is 0.361 e. The zero-order valence-electron chi connectivity index (χ0n) is 19.7. The van der Waals surface area contributed by atoms with Gasteiger partial charge in [-0.1, -0.05) is 29.3 Å². The maximum Gasteiger partial charge on any atom is 0.224 e. The number of H-pyrrole nitrogens is 1. The molecule has 9 heteroatoms. The number of halogens is 5. The van der Waals surface area contributed by atoms with Crippen LogP contribution in [-0.2, 0) is 11.2 Å². The van der Waals surface area contributed by atoms with Crippen LogP contribution >= 0.6 is 23.2 Å². The molecule has 0 fully saturated rings. The molecule has 4 nitrogen and oxygen atoms in total. The number of nitrogens with one attached hydrogen (secondary N) is 2. The number of nitrogens with zero attached hydrogens (tertiary/aromatic N) is 1. The molecule has 0 aliphatic heterocycles. The van der Waals surface area contributed by atoms with Crippen molar-refractivity contribution in [1.82, 2.24) is 15.3 Å². The minimum absolute atomic E-state index is 0.00322. The quantitative estimate of drug-likeness (QED) is 0.220. The van der Waals surface area contributed by atoms with Gasteiger partial charge in [-0.05, 0) is 71.3 Å². The van der Waals surface area contributed by atoms with Crippen LogP contribution in [0.25, 0.3) is 22.0 Å². The van der Waals surface area contributed by atoms with E-state index in [0.29, 0.717) is 48.9 Å². The lowest BCUT2D eigenvalue weighted by Gasteiger charge is -2.21. The van der Waals surface area contributed by atoms with Gasteiger partial charge < -0.3 is 10.3 Å². The van der Waals surface area contributed by atoms with Gasteiger partial charge in [-0.15, -0.1) is 0 Å². The molecule has 2 heterocycles. The SMILES string of the molecule is O=C(Cc1c[nH]c2ccc(F)cc12)NCC(c1cc(F)cc(F)c1)c1ncccc1-c1cc(Cl)cc(Cl)c1. The first-order valence-electron chi connectivity index (χ1n) is 11.7. The molecule has 1 amide bonds. The van der Waals surface area contributed by atoms with Gasteiger partial charge in [0, 0.05) is 57.4 Å². The number of hydrogen-bond acceptors (Lipinski definition) is 2. The number of benzene rings is 3. The van der Waals surface area contributed by atoms with Crippen LogP contribution in [0.2, 0.25) is 10.0 Å². The lowest BCUT2D eigenvalue weighted by atomic mass is 9.89. The molecule has 0 saturated heterocycles. The zero-order valence-corrected chi connectivity index (χ0v) is 21.3. The summed E-state index contributed by atoms with van der Waals surface area (Å²) in [5.74, 6) is -2.96. The van der Waals surface area contributed by atoms with Gasteiger partial charge >= 0.3 is 0 Å². The van der Waals surface area contributed by atoms with E-state index in [1.54, 1.807) is 48.8 Å². The molecular weight excluding hydrogens is 534 g/mol. The molecule has 0 aliphatic carbocycles. The summed E-state index contributed by atoms with van der Waals surface area (Å²) in [4.78, 5) is 20.5. The first-order valence-corrected chi connectivity index (χ1v) is 12.4. The summed E-state index contributed by atoms with van der Waals surface area (Å²) in [7, 11) is 0. The second-order valence-corrected chi connectivity index (χ2v) is 9.71. The van der Waals surface area contributed by atoms with E-state index >= 15 is 0 Å². The van der Waals surface area contributed by atoms with E-state index in [9.17, 15) is 18.0 Å². The van der Waals surface area contributed by atoms with Crippen molar-refractivity contribution in [3.8, 4) is 11.1 Å². The van der Waals surface area contributed by atoms with Crippen molar-refractivity contribution in [2.75, 3.05) is 6.54 Å². The average molecular weight is 554 g/mol. The van der Waals surface area contributed by atoms with Crippen LogP contribution in [0, 0.1) is 17.5 Å². The van der Waals surface area contributed by atoms with Crippen LogP contribution in [0.4, 0.5) is 13.2 Å².